The lowest BCUT2D eigenvalue weighted by molar-refractivity contribution is 0.206. The molecule has 1 rings (SSSR count). The largest absolute Gasteiger partial charge is 0.496 e. The van der Waals surface area contributed by atoms with Crippen molar-refractivity contribution in [2.75, 3.05) is 19.5 Å². The van der Waals surface area contributed by atoms with E-state index in [1.165, 1.54) is 0 Å². The summed E-state index contributed by atoms with van der Waals surface area (Å²) in [5.41, 5.74) is 12.0. The van der Waals surface area contributed by atoms with Gasteiger partial charge in [-0.2, -0.15) is 0 Å². The van der Waals surface area contributed by atoms with Crippen LogP contribution in [0.25, 0.3) is 0 Å². The predicted molar refractivity (Wildman–Crippen MR) is 56.0 cm³/mol. The normalized spacial score (nSPS) is 14.9. The number of nitrogens with two attached hydrogens (primary N) is 2. The van der Waals surface area contributed by atoms with Gasteiger partial charge in [0.1, 0.15) is 5.75 Å². The van der Waals surface area contributed by atoms with E-state index in [0.29, 0.717) is 11.4 Å². The first kappa shape index (κ1) is 10.8. The Morgan fingerprint density at radius 3 is 2.64 bits per heavy atom. The van der Waals surface area contributed by atoms with Gasteiger partial charge >= 0.3 is 0 Å². The van der Waals surface area contributed by atoms with Crippen molar-refractivity contribution in [3.8, 4) is 5.75 Å². The molecule has 14 heavy (non-hydrogen) atoms. The highest BCUT2D eigenvalue weighted by atomic mass is 16.5. The van der Waals surface area contributed by atoms with Gasteiger partial charge in [0.05, 0.1) is 19.3 Å². The number of benzene rings is 1. The van der Waals surface area contributed by atoms with Crippen LogP contribution in [0.5, 0.6) is 5.75 Å². The molecule has 0 saturated carbocycles. The van der Waals surface area contributed by atoms with E-state index in [-0.39, 0.29) is 6.61 Å². The van der Waals surface area contributed by atoms with Crippen molar-refractivity contribution in [3.05, 3.63) is 23.8 Å². The molecule has 0 aliphatic carbocycles. The van der Waals surface area contributed by atoms with Gasteiger partial charge in [-0.05, 0) is 13.0 Å². The highest BCUT2D eigenvalue weighted by Crippen LogP contribution is 2.29. The molecule has 78 valence electrons. The van der Waals surface area contributed by atoms with E-state index in [0.717, 1.165) is 5.56 Å². The summed E-state index contributed by atoms with van der Waals surface area (Å²) in [5.74, 6) is 0.601. The first-order chi connectivity index (χ1) is 6.51. The van der Waals surface area contributed by atoms with Gasteiger partial charge in [0.15, 0.2) is 0 Å². The van der Waals surface area contributed by atoms with E-state index in [1.807, 2.05) is 0 Å². The molecular weight excluding hydrogens is 180 g/mol. The minimum absolute atomic E-state index is 0.146. The molecule has 0 radical (unpaired) electrons. The second kappa shape index (κ2) is 3.86. The van der Waals surface area contributed by atoms with Gasteiger partial charge in [-0.25, -0.2) is 0 Å². The standard InChI is InChI=1S/C10H16N2O2/c1-10(12,6-13)8-4-3-7(11)5-9(8)14-2/h3-5,13H,6,11-12H2,1-2H3. The van der Waals surface area contributed by atoms with Crippen LogP contribution in [0.4, 0.5) is 5.69 Å². The zero-order valence-corrected chi connectivity index (χ0v) is 8.45. The summed E-state index contributed by atoms with van der Waals surface area (Å²) in [7, 11) is 1.55. The molecule has 0 aliphatic heterocycles. The van der Waals surface area contributed by atoms with Gasteiger partial charge in [-0.1, -0.05) is 6.07 Å². The summed E-state index contributed by atoms with van der Waals surface area (Å²) in [6, 6.07) is 5.19. The quantitative estimate of drug-likeness (QED) is 0.613. The first-order valence-electron chi connectivity index (χ1n) is 4.35. The van der Waals surface area contributed by atoms with Crippen molar-refractivity contribution in [3.63, 3.8) is 0 Å². The molecule has 4 nitrogen and oxygen atoms in total. The molecule has 0 heterocycles. The number of rotatable bonds is 3. The van der Waals surface area contributed by atoms with Crippen molar-refractivity contribution in [1.82, 2.24) is 0 Å². The number of methoxy groups -OCH3 is 1. The summed E-state index contributed by atoms with van der Waals surface area (Å²) in [4.78, 5) is 0. The monoisotopic (exact) mass is 196 g/mol. The molecule has 0 aliphatic rings. The van der Waals surface area contributed by atoms with Crippen LogP contribution in [-0.2, 0) is 5.54 Å². The van der Waals surface area contributed by atoms with Crippen LogP contribution >= 0.6 is 0 Å². The average molecular weight is 196 g/mol. The maximum atomic E-state index is 9.12. The summed E-state index contributed by atoms with van der Waals surface area (Å²) in [5, 5.41) is 9.12. The Morgan fingerprint density at radius 1 is 1.50 bits per heavy atom. The van der Waals surface area contributed by atoms with E-state index in [2.05, 4.69) is 0 Å². The third kappa shape index (κ3) is 1.97. The Balaban J connectivity index is 3.20. The number of aliphatic hydroxyl groups excluding tert-OH is 1. The fourth-order valence-corrected chi connectivity index (χ4v) is 1.26. The maximum absolute atomic E-state index is 9.12. The number of nitrogen functional groups attached to an aromatic ring is 1. The second-order valence-electron chi connectivity index (χ2n) is 3.54. The molecule has 1 unspecified atom stereocenters. The van der Waals surface area contributed by atoms with Gasteiger partial charge in [0.2, 0.25) is 0 Å². The smallest absolute Gasteiger partial charge is 0.126 e. The van der Waals surface area contributed by atoms with E-state index in [1.54, 1.807) is 32.2 Å². The third-order valence-corrected chi connectivity index (χ3v) is 2.17. The molecule has 0 aromatic heterocycles. The Labute approximate surface area is 83.5 Å². The molecule has 1 aromatic rings. The molecule has 0 bridgehead atoms. The van der Waals surface area contributed by atoms with Crippen LogP contribution in [0.1, 0.15) is 12.5 Å². The maximum Gasteiger partial charge on any atom is 0.126 e. The fraction of sp³-hybridized carbons (Fsp3) is 0.400. The van der Waals surface area contributed by atoms with Gasteiger partial charge in [0.25, 0.3) is 0 Å². The highest BCUT2D eigenvalue weighted by Gasteiger charge is 2.23. The van der Waals surface area contributed by atoms with Crippen LogP contribution in [0, 0.1) is 0 Å². The van der Waals surface area contributed by atoms with Gasteiger partial charge in [-0.3, -0.25) is 0 Å². The minimum Gasteiger partial charge on any atom is -0.496 e. The Hall–Kier alpha value is -1.26. The predicted octanol–water partition coefficient (Wildman–Crippen LogP) is 0.444. The summed E-state index contributed by atoms with van der Waals surface area (Å²) < 4.78 is 5.14. The fourth-order valence-electron chi connectivity index (χ4n) is 1.26. The Bertz CT molecular complexity index is 324. The molecule has 0 saturated heterocycles. The summed E-state index contributed by atoms with van der Waals surface area (Å²) in [6.07, 6.45) is 0. The van der Waals surface area contributed by atoms with Gasteiger partial charge < -0.3 is 21.3 Å². The van der Waals surface area contributed by atoms with Crippen molar-refractivity contribution < 1.29 is 9.84 Å². The van der Waals surface area contributed by atoms with Gasteiger partial charge in [0, 0.05) is 17.3 Å². The molecular formula is C10H16N2O2. The van der Waals surface area contributed by atoms with E-state index in [9.17, 15) is 0 Å². The average Bonchev–Trinajstić information content (AvgIpc) is 2.17. The molecule has 0 fully saturated rings. The molecule has 0 amide bonds. The Morgan fingerprint density at radius 2 is 2.14 bits per heavy atom. The minimum atomic E-state index is -0.807. The lowest BCUT2D eigenvalue weighted by atomic mass is 9.93. The number of anilines is 1. The van der Waals surface area contributed by atoms with Crippen LogP contribution in [0.3, 0.4) is 0 Å². The van der Waals surface area contributed by atoms with Crippen LogP contribution in [-0.4, -0.2) is 18.8 Å². The van der Waals surface area contributed by atoms with E-state index in [4.69, 9.17) is 21.3 Å². The lowest BCUT2D eigenvalue weighted by Crippen LogP contribution is -2.37. The summed E-state index contributed by atoms with van der Waals surface area (Å²) >= 11 is 0. The topological polar surface area (TPSA) is 81.5 Å². The van der Waals surface area contributed by atoms with Gasteiger partial charge in [-0.15, -0.1) is 0 Å². The highest BCUT2D eigenvalue weighted by molar-refractivity contribution is 5.50. The molecule has 0 spiro atoms. The molecule has 1 atom stereocenters. The Kier molecular flexibility index (Phi) is 2.98. The van der Waals surface area contributed by atoms with Crippen LogP contribution in [0.2, 0.25) is 0 Å². The zero-order valence-electron chi connectivity index (χ0n) is 8.45. The number of hydrogen-bond donors (Lipinski definition) is 3. The van der Waals surface area contributed by atoms with Crippen molar-refractivity contribution >= 4 is 5.69 Å². The first-order valence-corrected chi connectivity index (χ1v) is 4.35. The van der Waals surface area contributed by atoms with E-state index < -0.39 is 5.54 Å². The zero-order chi connectivity index (χ0) is 10.8. The molecule has 1 aromatic carbocycles. The number of ether oxygens (including phenoxy) is 1. The van der Waals surface area contributed by atoms with Crippen molar-refractivity contribution in [2.45, 2.75) is 12.5 Å². The molecule has 4 heteroatoms. The second-order valence-corrected chi connectivity index (χ2v) is 3.54. The lowest BCUT2D eigenvalue weighted by Gasteiger charge is -2.24. The number of hydrogen-bond acceptors (Lipinski definition) is 4. The van der Waals surface area contributed by atoms with Crippen molar-refractivity contribution in [2.24, 2.45) is 5.73 Å². The van der Waals surface area contributed by atoms with Crippen LogP contribution in [0.15, 0.2) is 18.2 Å². The summed E-state index contributed by atoms with van der Waals surface area (Å²) in [6.45, 7) is 1.59. The molecule has 5 N–H and O–H groups in total. The van der Waals surface area contributed by atoms with Crippen LogP contribution < -0.4 is 16.2 Å². The SMILES string of the molecule is COc1cc(N)ccc1C(C)(N)CO. The third-order valence-electron chi connectivity index (χ3n) is 2.17. The number of aliphatic hydroxyl groups is 1. The van der Waals surface area contributed by atoms with Crippen molar-refractivity contribution in [1.29, 1.82) is 0 Å². The van der Waals surface area contributed by atoms with E-state index >= 15 is 0 Å².